The van der Waals surface area contributed by atoms with Crippen LogP contribution in [0.5, 0.6) is 11.5 Å². The Morgan fingerprint density at radius 1 is 1.38 bits per heavy atom. The molecular formula is C19H23N3O3S. The summed E-state index contributed by atoms with van der Waals surface area (Å²) in [5.74, 6) is 1.68. The van der Waals surface area contributed by atoms with E-state index in [1.165, 1.54) is 0 Å². The van der Waals surface area contributed by atoms with Crippen LogP contribution >= 0.6 is 11.3 Å². The van der Waals surface area contributed by atoms with E-state index in [2.05, 4.69) is 17.2 Å². The number of ether oxygens (including phenoxy) is 2. The summed E-state index contributed by atoms with van der Waals surface area (Å²) in [6.45, 7) is 5.07. The number of amides is 1. The average molecular weight is 373 g/mol. The smallest absolute Gasteiger partial charge is 0.231 e. The summed E-state index contributed by atoms with van der Waals surface area (Å²) in [5, 5.41) is 6.23. The van der Waals surface area contributed by atoms with Crippen molar-refractivity contribution in [1.82, 2.24) is 15.2 Å². The first-order valence-corrected chi connectivity index (χ1v) is 9.97. The predicted molar refractivity (Wildman–Crippen MR) is 101 cm³/mol. The first-order valence-electron chi connectivity index (χ1n) is 9.09. The van der Waals surface area contributed by atoms with E-state index in [0.717, 1.165) is 60.2 Å². The number of rotatable bonds is 6. The van der Waals surface area contributed by atoms with Gasteiger partial charge in [-0.2, -0.15) is 0 Å². The van der Waals surface area contributed by atoms with Gasteiger partial charge in [-0.1, -0.05) is 6.92 Å². The molecule has 6 nitrogen and oxygen atoms in total. The van der Waals surface area contributed by atoms with Crippen LogP contribution in [0.25, 0.3) is 10.6 Å². The zero-order chi connectivity index (χ0) is 17.9. The highest BCUT2D eigenvalue weighted by molar-refractivity contribution is 7.13. The van der Waals surface area contributed by atoms with E-state index in [1.807, 2.05) is 28.5 Å². The van der Waals surface area contributed by atoms with Gasteiger partial charge in [-0.3, -0.25) is 4.79 Å². The Balaban J connectivity index is 1.46. The molecule has 1 N–H and O–H groups in total. The summed E-state index contributed by atoms with van der Waals surface area (Å²) in [6.07, 6.45) is 2.37. The Labute approximate surface area is 157 Å². The van der Waals surface area contributed by atoms with Gasteiger partial charge in [0.1, 0.15) is 5.01 Å². The molecule has 1 fully saturated rings. The van der Waals surface area contributed by atoms with Crippen LogP contribution in [0.2, 0.25) is 0 Å². The SMILES string of the molecule is CCCN(C(=O)Cc1csc(-c2ccc3c(c2)OCO3)n1)C1CCNC1. The summed E-state index contributed by atoms with van der Waals surface area (Å²) in [5.41, 5.74) is 1.82. The van der Waals surface area contributed by atoms with Gasteiger partial charge < -0.3 is 19.7 Å². The number of hydrogen-bond donors (Lipinski definition) is 1. The maximum Gasteiger partial charge on any atom is 0.231 e. The molecule has 0 bridgehead atoms. The number of nitrogens with zero attached hydrogens (tertiary/aromatic N) is 2. The van der Waals surface area contributed by atoms with Gasteiger partial charge in [-0.25, -0.2) is 4.98 Å². The van der Waals surface area contributed by atoms with Crippen molar-refractivity contribution in [2.75, 3.05) is 26.4 Å². The van der Waals surface area contributed by atoms with Gasteiger partial charge in [0.05, 0.1) is 12.1 Å². The number of fused-ring (bicyclic) bond motifs is 1. The lowest BCUT2D eigenvalue weighted by Crippen LogP contribution is -2.42. The molecule has 1 amide bonds. The van der Waals surface area contributed by atoms with Crippen LogP contribution in [0, 0.1) is 0 Å². The van der Waals surface area contributed by atoms with E-state index in [4.69, 9.17) is 9.47 Å². The van der Waals surface area contributed by atoms with Crippen molar-refractivity contribution < 1.29 is 14.3 Å². The van der Waals surface area contributed by atoms with Crippen molar-refractivity contribution in [1.29, 1.82) is 0 Å². The van der Waals surface area contributed by atoms with Crippen LogP contribution in [-0.2, 0) is 11.2 Å². The first kappa shape index (κ1) is 17.3. The molecule has 1 aromatic carbocycles. The van der Waals surface area contributed by atoms with Gasteiger partial charge in [0.15, 0.2) is 11.5 Å². The van der Waals surface area contributed by atoms with E-state index >= 15 is 0 Å². The molecule has 1 atom stereocenters. The lowest BCUT2D eigenvalue weighted by atomic mass is 10.1. The number of aromatic nitrogens is 1. The number of carbonyl (C=O) groups is 1. The summed E-state index contributed by atoms with van der Waals surface area (Å²) < 4.78 is 10.8. The third kappa shape index (κ3) is 3.54. The van der Waals surface area contributed by atoms with Crippen LogP contribution in [0.4, 0.5) is 0 Å². The molecule has 2 aliphatic rings. The molecule has 138 valence electrons. The molecule has 26 heavy (non-hydrogen) atoms. The zero-order valence-electron chi connectivity index (χ0n) is 14.9. The fraction of sp³-hybridized carbons (Fsp3) is 0.474. The Kier molecular flexibility index (Phi) is 5.08. The van der Waals surface area contributed by atoms with Crippen molar-refractivity contribution >= 4 is 17.2 Å². The highest BCUT2D eigenvalue weighted by atomic mass is 32.1. The molecule has 1 saturated heterocycles. The van der Waals surface area contributed by atoms with Crippen molar-refractivity contribution in [2.24, 2.45) is 0 Å². The number of carbonyl (C=O) groups excluding carboxylic acids is 1. The third-order valence-corrected chi connectivity index (χ3v) is 5.70. The van der Waals surface area contributed by atoms with Crippen LogP contribution in [0.1, 0.15) is 25.5 Å². The quantitative estimate of drug-likeness (QED) is 0.843. The molecule has 0 radical (unpaired) electrons. The second-order valence-electron chi connectivity index (χ2n) is 6.62. The second-order valence-corrected chi connectivity index (χ2v) is 7.48. The molecule has 0 saturated carbocycles. The Morgan fingerprint density at radius 3 is 3.08 bits per heavy atom. The van der Waals surface area contributed by atoms with Crippen LogP contribution in [0.3, 0.4) is 0 Å². The molecule has 2 aliphatic heterocycles. The molecule has 2 aromatic rings. The van der Waals surface area contributed by atoms with Gasteiger partial charge in [0, 0.05) is 30.1 Å². The molecule has 3 heterocycles. The van der Waals surface area contributed by atoms with Gasteiger partial charge in [-0.15, -0.1) is 11.3 Å². The number of nitrogens with one attached hydrogen (secondary N) is 1. The number of hydrogen-bond acceptors (Lipinski definition) is 6. The van der Waals surface area contributed by atoms with E-state index in [-0.39, 0.29) is 12.7 Å². The van der Waals surface area contributed by atoms with Crippen molar-refractivity contribution in [2.45, 2.75) is 32.2 Å². The van der Waals surface area contributed by atoms with Gasteiger partial charge in [0.25, 0.3) is 0 Å². The van der Waals surface area contributed by atoms with E-state index in [9.17, 15) is 4.79 Å². The average Bonchev–Trinajstić information content (AvgIpc) is 3.39. The normalized spacial score (nSPS) is 18.3. The minimum absolute atomic E-state index is 0.170. The monoisotopic (exact) mass is 373 g/mol. The highest BCUT2D eigenvalue weighted by Crippen LogP contribution is 2.36. The van der Waals surface area contributed by atoms with Gasteiger partial charge in [-0.05, 0) is 37.6 Å². The van der Waals surface area contributed by atoms with Crippen molar-refractivity contribution in [3.05, 3.63) is 29.3 Å². The van der Waals surface area contributed by atoms with Gasteiger partial charge >= 0.3 is 0 Å². The standard InChI is InChI=1S/C19H23N3O3S/c1-2-7-22(15-5-6-20-10-15)18(23)9-14-11-26-19(21-14)13-3-4-16-17(8-13)25-12-24-16/h3-4,8,11,15,20H,2,5-7,9-10,12H2,1H3. The zero-order valence-corrected chi connectivity index (χ0v) is 15.7. The molecule has 7 heteroatoms. The fourth-order valence-corrected chi connectivity index (χ4v) is 4.28. The maximum atomic E-state index is 12.8. The Bertz CT molecular complexity index is 786. The molecule has 0 spiro atoms. The number of benzene rings is 1. The molecular weight excluding hydrogens is 350 g/mol. The first-order chi connectivity index (χ1) is 12.7. The molecule has 0 aliphatic carbocycles. The number of thiazole rings is 1. The largest absolute Gasteiger partial charge is 0.454 e. The molecule has 4 rings (SSSR count). The van der Waals surface area contributed by atoms with Crippen LogP contribution < -0.4 is 14.8 Å². The summed E-state index contributed by atoms with van der Waals surface area (Å²) in [6, 6.07) is 6.14. The minimum atomic E-state index is 0.170. The van der Waals surface area contributed by atoms with Crippen LogP contribution in [0.15, 0.2) is 23.6 Å². The minimum Gasteiger partial charge on any atom is -0.454 e. The van der Waals surface area contributed by atoms with Crippen LogP contribution in [-0.4, -0.2) is 48.3 Å². The topological polar surface area (TPSA) is 63.7 Å². The Morgan fingerprint density at radius 2 is 2.27 bits per heavy atom. The van der Waals surface area contributed by atoms with E-state index in [1.54, 1.807) is 11.3 Å². The summed E-state index contributed by atoms with van der Waals surface area (Å²) in [4.78, 5) is 19.5. The lowest BCUT2D eigenvalue weighted by molar-refractivity contribution is -0.132. The van der Waals surface area contributed by atoms with E-state index < -0.39 is 0 Å². The third-order valence-electron chi connectivity index (χ3n) is 4.76. The fourth-order valence-electron chi connectivity index (χ4n) is 3.46. The van der Waals surface area contributed by atoms with Gasteiger partial charge in [0.2, 0.25) is 12.7 Å². The molecule has 1 unspecified atom stereocenters. The summed E-state index contributed by atoms with van der Waals surface area (Å²) in [7, 11) is 0. The van der Waals surface area contributed by atoms with Crippen molar-refractivity contribution in [3.63, 3.8) is 0 Å². The highest BCUT2D eigenvalue weighted by Gasteiger charge is 2.26. The maximum absolute atomic E-state index is 12.8. The molecule has 1 aromatic heterocycles. The second kappa shape index (κ2) is 7.63. The predicted octanol–water partition coefficient (Wildman–Crippen LogP) is 2.68. The summed E-state index contributed by atoms with van der Waals surface area (Å²) >= 11 is 1.56. The van der Waals surface area contributed by atoms with E-state index in [0.29, 0.717) is 12.5 Å². The lowest BCUT2D eigenvalue weighted by Gasteiger charge is -2.28. The Hall–Kier alpha value is -2.12. The van der Waals surface area contributed by atoms with Crippen molar-refractivity contribution in [3.8, 4) is 22.1 Å².